The number of carbonyl (C=O) groups is 1. The van der Waals surface area contributed by atoms with Gasteiger partial charge in [-0.15, -0.1) is 0 Å². The molecule has 2 aliphatic heterocycles. The van der Waals surface area contributed by atoms with E-state index < -0.39 is 10.0 Å². The second-order valence-electron chi connectivity index (χ2n) is 7.50. The minimum atomic E-state index is -3.09. The Hall–Kier alpha value is -1.80. The third kappa shape index (κ3) is 5.13. The molecule has 150 valence electrons. The molecule has 8 heteroatoms. The van der Waals surface area contributed by atoms with E-state index in [2.05, 4.69) is 5.32 Å². The first-order valence-electron chi connectivity index (χ1n) is 9.47. The lowest BCUT2D eigenvalue weighted by Crippen LogP contribution is -2.41. The van der Waals surface area contributed by atoms with Crippen LogP contribution >= 0.6 is 0 Å². The molecule has 1 atom stereocenters. The van der Waals surface area contributed by atoms with Crippen LogP contribution in [-0.4, -0.2) is 63.2 Å². The lowest BCUT2D eigenvalue weighted by molar-refractivity contribution is 0.191. The van der Waals surface area contributed by atoms with Gasteiger partial charge in [-0.1, -0.05) is 12.1 Å². The van der Waals surface area contributed by atoms with E-state index in [0.29, 0.717) is 31.5 Å². The van der Waals surface area contributed by atoms with Crippen LogP contribution in [-0.2, 0) is 16.6 Å². The largest absolute Gasteiger partial charge is 0.497 e. The van der Waals surface area contributed by atoms with E-state index in [0.717, 1.165) is 43.7 Å². The number of hydrogen-bond donors (Lipinski definition) is 1. The third-order valence-electron chi connectivity index (χ3n) is 5.72. The monoisotopic (exact) mass is 395 g/mol. The molecule has 2 fully saturated rings. The lowest BCUT2D eigenvalue weighted by atomic mass is 9.84. The van der Waals surface area contributed by atoms with Gasteiger partial charge in [-0.05, 0) is 48.8 Å². The second kappa shape index (κ2) is 8.48. The van der Waals surface area contributed by atoms with E-state index >= 15 is 0 Å². The summed E-state index contributed by atoms with van der Waals surface area (Å²) in [6, 6.07) is 7.64. The van der Waals surface area contributed by atoms with Crippen LogP contribution in [0.25, 0.3) is 0 Å². The van der Waals surface area contributed by atoms with Crippen molar-refractivity contribution in [2.75, 3.05) is 39.5 Å². The number of urea groups is 1. The van der Waals surface area contributed by atoms with Gasteiger partial charge in [0.1, 0.15) is 5.75 Å². The fourth-order valence-electron chi connectivity index (χ4n) is 4.11. The second-order valence-corrected chi connectivity index (χ2v) is 9.49. The standard InChI is InChI=1S/C19H29N3O4S/c1-26-18-5-3-4-15(12-18)13-20-19(23)21-9-6-17(14-21)16-7-10-22(11-8-16)27(2,24)25/h3-5,12,16-17H,6-11,13-14H2,1-2H3,(H,20,23). The van der Waals surface area contributed by atoms with Gasteiger partial charge in [-0.25, -0.2) is 17.5 Å². The van der Waals surface area contributed by atoms with Crippen LogP contribution in [0, 0.1) is 11.8 Å². The molecule has 3 rings (SSSR count). The molecule has 0 aliphatic carbocycles. The van der Waals surface area contributed by atoms with Gasteiger partial charge >= 0.3 is 6.03 Å². The van der Waals surface area contributed by atoms with Crippen LogP contribution in [0.5, 0.6) is 5.75 Å². The van der Waals surface area contributed by atoms with Gasteiger partial charge in [0.05, 0.1) is 13.4 Å². The fraction of sp³-hybridized carbons (Fsp3) is 0.632. The molecule has 2 aliphatic rings. The first-order valence-corrected chi connectivity index (χ1v) is 11.3. The number of carbonyl (C=O) groups excluding carboxylic acids is 1. The Balaban J connectivity index is 1.45. The van der Waals surface area contributed by atoms with Gasteiger partial charge in [0, 0.05) is 32.7 Å². The molecular formula is C19H29N3O4S. The summed E-state index contributed by atoms with van der Waals surface area (Å²) in [7, 11) is -1.46. The molecule has 1 aromatic carbocycles. The average molecular weight is 396 g/mol. The minimum absolute atomic E-state index is 0.0334. The van der Waals surface area contributed by atoms with Gasteiger partial charge in [0.25, 0.3) is 0 Å². The highest BCUT2D eigenvalue weighted by Crippen LogP contribution is 2.32. The summed E-state index contributed by atoms with van der Waals surface area (Å²) in [6.07, 6.45) is 4.04. The number of sulfonamides is 1. The molecule has 1 aromatic rings. The van der Waals surface area contributed by atoms with Crippen LogP contribution in [0.15, 0.2) is 24.3 Å². The lowest BCUT2D eigenvalue weighted by Gasteiger charge is -2.33. The van der Waals surface area contributed by atoms with Crippen molar-refractivity contribution >= 4 is 16.1 Å². The Bertz CT molecular complexity index is 760. The predicted molar refractivity (Wildman–Crippen MR) is 104 cm³/mol. The maximum Gasteiger partial charge on any atom is 0.317 e. The Morgan fingerprint density at radius 3 is 2.56 bits per heavy atom. The Kier molecular flexibility index (Phi) is 6.26. The minimum Gasteiger partial charge on any atom is -0.497 e. The van der Waals surface area contributed by atoms with Crippen molar-refractivity contribution in [2.45, 2.75) is 25.8 Å². The van der Waals surface area contributed by atoms with E-state index in [1.807, 2.05) is 29.2 Å². The Labute approximate surface area is 161 Å². The third-order valence-corrected chi connectivity index (χ3v) is 7.03. The normalized spacial score (nSPS) is 22.0. The zero-order valence-corrected chi connectivity index (χ0v) is 16.9. The van der Waals surface area contributed by atoms with Crippen molar-refractivity contribution in [2.24, 2.45) is 11.8 Å². The maximum absolute atomic E-state index is 12.5. The van der Waals surface area contributed by atoms with Crippen LogP contribution in [0.1, 0.15) is 24.8 Å². The number of rotatable bonds is 5. The van der Waals surface area contributed by atoms with E-state index in [1.165, 1.54) is 6.26 Å². The summed E-state index contributed by atoms with van der Waals surface area (Å²) in [5.41, 5.74) is 1.01. The van der Waals surface area contributed by atoms with Crippen LogP contribution in [0.2, 0.25) is 0 Å². The van der Waals surface area contributed by atoms with Gasteiger partial charge in [-0.2, -0.15) is 0 Å². The van der Waals surface area contributed by atoms with Crippen LogP contribution in [0.4, 0.5) is 4.79 Å². The summed E-state index contributed by atoms with van der Waals surface area (Å²) in [6.45, 7) is 3.20. The summed E-state index contributed by atoms with van der Waals surface area (Å²) in [4.78, 5) is 14.4. The smallest absolute Gasteiger partial charge is 0.317 e. The van der Waals surface area contributed by atoms with E-state index in [-0.39, 0.29) is 6.03 Å². The number of benzene rings is 1. The average Bonchev–Trinajstić information content (AvgIpc) is 3.16. The fourth-order valence-corrected chi connectivity index (χ4v) is 4.98. The molecule has 1 N–H and O–H groups in total. The molecule has 0 aromatic heterocycles. The number of likely N-dealkylation sites (tertiary alicyclic amines) is 1. The molecule has 7 nitrogen and oxygen atoms in total. The summed E-state index contributed by atoms with van der Waals surface area (Å²) in [5.74, 6) is 1.75. The molecule has 2 heterocycles. The molecular weight excluding hydrogens is 366 g/mol. The molecule has 0 saturated carbocycles. The molecule has 0 spiro atoms. The van der Waals surface area contributed by atoms with Crippen LogP contribution in [0.3, 0.4) is 0 Å². The summed E-state index contributed by atoms with van der Waals surface area (Å²) < 4.78 is 30.1. The highest BCUT2D eigenvalue weighted by molar-refractivity contribution is 7.88. The number of amides is 2. The van der Waals surface area contributed by atoms with Crippen molar-refractivity contribution in [3.8, 4) is 5.75 Å². The molecule has 2 saturated heterocycles. The summed E-state index contributed by atoms with van der Waals surface area (Å²) >= 11 is 0. The van der Waals surface area contributed by atoms with Crippen molar-refractivity contribution in [1.29, 1.82) is 0 Å². The molecule has 0 radical (unpaired) electrons. The molecule has 2 amide bonds. The Morgan fingerprint density at radius 1 is 1.19 bits per heavy atom. The van der Waals surface area contributed by atoms with E-state index in [4.69, 9.17) is 4.74 Å². The summed E-state index contributed by atoms with van der Waals surface area (Å²) in [5, 5.41) is 2.99. The zero-order chi connectivity index (χ0) is 19.4. The van der Waals surface area contributed by atoms with Gasteiger partial charge in [0.2, 0.25) is 10.0 Å². The van der Waals surface area contributed by atoms with Gasteiger partial charge in [0.15, 0.2) is 0 Å². The number of nitrogens with zero attached hydrogens (tertiary/aromatic N) is 2. The molecule has 1 unspecified atom stereocenters. The maximum atomic E-state index is 12.5. The SMILES string of the molecule is COc1cccc(CNC(=O)N2CCC(C3CCN(S(C)(=O)=O)CC3)C2)c1. The first kappa shape index (κ1) is 19.9. The number of hydrogen-bond acceptors (Lipinski definition) is 4. The van der Waals surface area contributed by atoms with Crippen molar-refractivity contribution in [1.82, 2.24) is 14.5 Å². The topological polar surface area (TPSA) is 79.0 Å². The number of piperidine rings is 1. The van der Waals surface area contributed by atoms with Gasteiger partial charge in [-0.3, -0.25) is 0 Å². The number of nitrogens with one attached hydrogen (secondary N) is 1. The Morgan fingerprint density at radius 2 is 1.89 bits per heavy atom. The van der Waals surface area contributed by atoms with Gasteiger partial charge < -0.3 is 15.0 Å². The van der Waals surface area contributed by atoms with Crippen LogP contribution < -0.4 is 10.1 Å². The first-order chi connectivity index (χ1) is 12.9. The zero-order valence-electron chi connectivity index (χ0n) is 16.1. The van der Waals surface area contributed by atoms with E-state index in [9.17, 15) is 13.2 Å². The predicted octanol–water partition coefficient (Wildman–Crippen LogP) is 1.90. The van der Waals surface area contributed by atoms with Crippen molar-refractivity contribution in [3.05, 3.63) is 29.8 Å². The van der Waals surface area contributed by atoms with E-state index in [1.54, 1.807) is 11.4 Å². The number of methoxy groups -OCH3 is 1. The highest BCUT2D eigenvalue weighted by atomic mass is 32.2. The van der Waals surface area contributed by atoms with Crippen molar-refractivity contribution < 1.29 is 17.9 Å². The quantitative estimate of drug-likeness (QED) is 0.826. The molecule has 0 bridgehead atoms. The highest BCUT2D eigenvalue weighted by Gasteiger charge is 2.35. The molecule has 27 heavy (non-hydrogen) atoms. The number of ether oxygens (including phenoxy) is 1. The van der Waals surface area contributed by atoms with Crippen molar-refractivity contribution in [3.63, 3.8) is 0 Å².